The molecular weight excluding hydrogens is 367 g/mol. The second kappa shape index (κ2) is 6.49. The van der Waals surface area contributed by atoms with Gasteiger partial charge in [0, 0.05) is 32.6 Å². The largest absolute Gasteiger partial charge is 0.354 e. The number of hydrogen-bond donors (Lipinski definition) is 1. The van der Waals surface area contributed by atoms with Gasteiger partial charge in [0.1, 0.15) is 0 Å². The topological polar surface area (TPSA) is 47.9 Å². The lowest BCUT2D eigenvalue weighted by Crippen LogP contribution is -2.50. The minimum Gasteiger partial charge on any atom is -0.354 e. The zero-order chi connectivity index (χ0) is 13.4. The first-order valence-electron chi connectivity index (χ1n) is 7.45. The van der Waals surface area contributed by atoms with Gasteiger partial charge in [0.25, 0.3) is 0 Å². The van der Waals surface area contributed by atoms with E-state index >= 15 is 0 Å². The molecule has 0 aliphatic carbocycles. The summed E-state index contributed by atoms with van der Waals surface area (Å²) < 4.78 is 0. The molecule has 20 heavy (non-hydrogen) atoms. The van der Waals surface area contributed by atoms with Crippen molar-refractivity contribution < 1.29 is 4.79 Å². The Hall–Kier alpha value is -0.530. The van der Waals surface area contributed by atoms with Gasteiger partial charge in [-0.25, -0.2) is 0 Å². The second-order valence-corrected chi connectivity index (χ2v) is 6.23. The van der Waals surface area contributed by atoms with E-state index in [-0.39, 0.29) is 29.9 Å². The fourth-order valence-corrected chi connectivity index (χ4v) is 3.41. The van der Waals surface area contributed by atoms with Crippen molar-refractivity contribution in [3.63, 3.8) is 0 Å². The van der Waals surface area contributed by atoms with E-state index in [4.69, 9.17) is 0 Å². The van der Waals surface area contributed by atoms with E-state index in [9.17, 15) is 4.79 Å². The Morgan fingerprint density at radius 1 is 1.35 bits per heavy atom. The third-order valence-corrected chi connectivity index (χ3v) is 4.79. The number of likely N-dealkylation sites (tertiary alicyclic amines) is 1. The van der Waals surface area contributed by atoms with Crippen molar-refractivity contribution in [3.8, 4) is 0 Å². The molecule has 3 unspecified atom stereocenters. The van der Waals surface area contributed by atoms with Crippen LogP contribution in [0.3, 0.4) is 0 Å². The van der Waals surface area contributed by atoms with E-state index in [0.29, 0.717) is 18.5 Å². The maximum Gasteiger partial charge on any atom is 0.222 e. The monoisotopic (exact) mass is 392 g/mol. The number of nitrogens with one attached hydrogen (secondary N) is 1. The Kier molecular flexibility index (Phi) is 5.14. The van der Waals surface area contributed by atoms with Gasteiger partial charge in [-0.2, -0.15) is 0 Å². The molecule has 0 aromatic carbocycles. The molecule has 0 saturated carbocycles. The second-order valence-electron chi connectivity index (χ2n) is 6.23. The van der Waals surface area contributed by atoms with Crippen LogP contribution in [0, 0.1) is 5.92 Å². The minimum atomic E-state index is 0. The number of likely N-dealkylation sites (N-methyl/N-ethyl adjacent to an activating group) is 1. The summed E-state index contributed by atoms with van der Waals surface area (Å²) in [7, 11) is 1.91. The highest BCUT2D eigenvalue weighted by atomic mass is 127. The lowest BCUT2D eigenvalue weighted by molar-refractivity contribution is -0.127. The van der Waals surface area contributed by atoms with Crippen LogP contribution < -0.4 is 5.32 Å². The van der Waals surface area contributed by atoms with Crippen LogP contribution in [0.2, 0.25) is 0 Å². The number of rotatable bonds is 2. The van der Waals surface area contributed by atoms with Gasteiger partial charge in [-0.15, -0.1) is 24.0 Å². The van der Waals surface area contributed by atoms with Crippen LogP contribution >= 0.6 is 24.0 Å². The lowest BCUT2D eigenvalue weighted by Gasteiger charge is -2.36. The van der Waals surface area contributed by atoms with Gasteiger partial charge in [-0.05, 0) is 25.2 Å². The van der Waals surface area contributed by atoms with E-state index in [0.717, 1.165) is 37.9 Å². The standard InChI is InChI=1S/C14H24N4O.HI/c1-10-3-4-12-8-16-14(18(12)9-10)15-7-11-5-6-13(19)17(11)2;/h10-12H,3-9H2,1-2H3,(H,15,16);1H. The molecule has 114 valence electrons. The van der Waals surface area contributed by atoms with Crippen molar-refractivity contribution in [1.82, 2.24) is 15.1 Å². The van der Waals surface area contributed by atoms with Gasteiger partial charge in [0.15, 0.2) is 5.96 Å². The van der Waals surface area contributed by atoms with Crippen LogP contribution in [-0.2, 0) is 4.79 Å². The molecule has 3 aliphatic rings. The summed E-state index contributed by atoms with van der Waals surface area (Å²) in [5, 5.41) is 3.48. The van der Waals surface area contributed by atoms with Gasteiger partial charge in [0.05, 0.1) is 12.6 Å². The third-order valence-electron chi connectivity index (χ3n) is 4.79. The molecule has 1 N–H and O–H groups in total. The minimum absolute atomic E-state index is 0. The first-order chi connectivity index (χ1) is 9.15. The highest BCUT2D eigenvalue weighted by Gasteiger charge is 2.34. The Labute approximate surface area is 138 Å². The zero-order valence-corrected chi connectivity index (χ0v) is 14.7. The predicted molar refractivity (Wildman–Crippen MR) is 90.4 cm³/mol. The molecular formula is C14H25IN4O. The SMILES string of the molecule is CC1CCC2CN=C(NCC3CCC(=O)N3C)N2C1.I. The first-order valence-corrected chi connectivity index (χ1v) is 7.45. The van der Waals surface area contributed by atoms with Gasteiger partial charge in [-0.1, -0.05) is 6.92 Å². The van der Waals surface area contributed by atoms with Crippen LogP contribution in [0.4, 0.5) is 0 Å². The fraction of sp³-hybridized carbons (Fsp3) is 0.857. The third kappa shape index (κ3) is 3.04. The molecule has 3 aliphatic heterocycles. The fourth-order valence-electron chi connectivity index (χ4n) is 3.41. The molecule has 0 spiro atoms. The van der Waals surface area contributed by atoms with Crippen molar-refractivity contribution in [1.29, 1.82) is 0 Å². The predicted octanol–water partition coefficient (Wildman–Crippen LogP) is 1.28. The van der Waals surface area contributed by atoms with E-state index in [1.54, 1.807) is 0 Å². The molecule has 6 heteroatoms. The maximum atomic E-state index is 11.5. The molecule has 5 nitrogen and oxygen atoms in total. The van der Waals surface area contributed by atoms with Gasteiger partial charge in [0.2, 0.25) is 5.91 Å². The molecule has 2 saturated heterocycles. The van der Waals surface area contributed by atoms with Crippen molar-refractivity contribution in [3.05, 3.63) is 0 Å². The van der Waals surface area contributed by atoms with Crippen molar-refractivity contribution in [2.75, 3.05) is 26.7 Å². The van der Waals surface area contributed by atoms with Crippen LogP contribution in [0.15, 0.2) is 4.99 Å². The summed E-state index contributed by atoms with van der Waals surface area (Å²) >= 11 is 0. The summed E-state index contributed by atoms with van der Waals surface area (Å²) in [4.78, 5) is 20.5. The zero-order valence-electron chi connectivity index (χ0n) is 12.3. The number of hydrogen-bond acceptors (Lipinski definition) is 4. The molecule has 0 bridgehead atoms. The Bertz CT molecular complexity index is 401. The molecule has 2 fully saturated rings. The average Bonchev–Trinajstić information content (AvgIpc) is 2.93. The van der Waals surface area contributed by atoms with Gasteiger partial charge >= 0.3 is 0 Å². The molecule has 0 radical (unpaired) electrons. The summed E-state index contributed by atoms with van der Waals surface area (Å²) in [6.07, 6.45) is 4.25. The summed E-state index contributed by atoms with van der Waals surface area (Å²) in [6.45, 7) is 5.21. The summed E-state index contributed by atoms with van der Waals surface area (Å²) in [5.41, 5.74) is 0. The number of carbonyl (C=O) groups is 1. The van der Waals surface area contributed by atoms with Crippen LogP contribution in [0.1, 0.15) is 32.6 Å². The Morgan fingerprint density at radius 2 is 2.15 bits per heavy atom. The number of nitrogens with zero attached hydrogens (tertiary/aromatic N) is 3. The number of aliphatic imine (C=N–C) groups is 1. The van der Waals surface area contributed by atoms with Crippen molar-refractivity contribution in [2.24, 2.45) is 10.9 Å². The molecule has 1 amide bonds. The first kappa shape index (κ1) is 15.9. The number of amides is 1. The number of guanidine groups is 1. The molecule has 0 aromatic heterocycles. The van der Waals surface area contributed by atoms with Crippen molar-refractivity contribution >= 4 is 35.8 Å². The number of carbonyl (C=O) groups excluding carboxylic acids is 1. The van der Waals surface area contributed by atoms with Crippen molar-refractivity contribution in [2.45, 2.75) is 44.7 Å². The molecule has 3 atom stereocenters. The van der Waals surface area contributed by atoms with Gasteiger partial charge in [-0.3, -0.25) is 9.79 Å². The van der Waals surface area contributed by atoms with Gasteiger partial charge < -0.3 is 15.1 Å². The van der Waals surface area contributed by atoms with Crippen LogP contribution in [0.5, 0.6) is 0 Å². The Balaban J connectivity index is 0.00000147. The summed E-state index contributed by atoms with van der Waals surface area (Å²) in [5.74, 6) is 2.09. The van der Waals surface area contributed by atoms with Crippen LogP contribution in [0.25, 0.3) is 0 Å². The normalized spacial score (nSPS) is 32.8. The molecule has 3 rings (SSSR count). The lowest BCUT2D eigenvalue weighted by atomic mass is 9.95. The maximum absolute atomic E-state index is 11.5. The highest BCUT2D eigenvalue weighted by molar-refractivity contribution is 14.0. The van der Waals surface area contributed by atoms with Crippen LogP contribution in [-0.4, -0.2) is 60.4 Å². The molecule has 0 aromatic rings. The van der Waals surface area contributed by atoms with E-state index < -0.39 is 0 Å². The number of piperidine rings is 1. The van der Waals surface area contributed by atoms with E-state index in [2.05, 4.69) is 22.1 Å². The number of fused-ring (bicyclic) bond motifs is 1. The highest BCUT2D eigenvalue weighted by Crippen LogP contribution is 2.25. The summed E-state index contributed by atoms with van der Waals surface area (Å²) in [6, 6.07) is 0.943. The number of halogens is 1. The quantitative estimate of drug-likeness (QED) is 0.721. The smallest absolute Gasteiger partial charge is 0.222 e. The van der Waals surface area contributed by atoms with E-state index in [1.165, 1.54) is 12.8 Å². The van der Waals surface area contributed by atoms with E-state index in [1.807, 2.05) is 11.9 Å². The molecule has 3 heterocycles. The average molecular weight is 392 g/mol. The Morgan fingerprint density at radius 3 is 2.85 bits per heavy atom.